The van der Waals surface area contributed by atoms with Crippen molar-refractivity contribution in [3.63, 3.8) is 0 Å². The number of halogens is 3. The molecule has 0 aromatic heterocycles. The molecule has 0 fully saturated rings. The molecule has 3 nitrogen and oxygen atoms in total. The van der Waals surface area contributed by atoms with Crippen LogP contribution in [0.2, 0.25) is 0 Å². The van der Waals surface area contributed by atoms with Gasteiger partial charge in [-0.25, -0.2) is 0 Å². The number of methoxy groups -OCH3 is 1. The first-order valence-electron chi connectivity index (χ1n) is 4.49. The Morgan fingerprint density at radius 1 is 1.44 bits per heavy atom. The van der Waals surface area contributed by atoms with Gasteiger partial charge in [0.25, 0.3) is 0 Å². The Morgan fingerprint density at radius 3 is 2.56 bits per heavy atom. The lowest BCUT2D eigenvalue weighted by atomic mass is 10.0. The van der Waals surface area contributed by atoms with Crippen LogP contribution in [0.15, 0.2) is 18.2 Å². The van der Waals surface area contributed by atoms with Crippen molar-refractivity contribution in [3.05, 3.63) is 29.3 Å². The zero-order valence-electron chi connectivity index (χ0n) is 8.58. The average Bonchev–Trinajstić information content (AvgIpc) is 2.19. The Balaban J connectivity index is 3.07. The van der Waals surface area contributed by atoms with E-state index in [0.717, 1.165) is 0 Å². The molecule has 1 aromatic rings. The van der Waals surface area contributed by atoms with Crippen molar-refractivity contribution in [1.29, 1.82) is 0 Å². The molecule has 0 unspecified atom stereocenters. The average molecular weight is 235 g/mol. The van der Waals surface area contributed by atoms with E-state index < -0.39 is 18.0 Å². The largest absolute Gasteiger partial charge is 0.508 e. The summed E-state index contributed by atoms with van der Waals surface area (Å²) in [6.07, 6.45) is -4.58. The molecule has 3 N–H and O–H groups in total. The summed E-state index contributed by atoms with van der Waals surface area (Å²) < 4.78 is 41.9. The number of alkyl halides is 3. The van der Waals surface area contributed by atoms with Crippen LogP contribution in [0, 0.1) is 0 Å². The lowest BCUT2D eigenvalue weighted by molar-refractivity contribution is -0.149. The molecule has 0 aliphatic rings. The fourth-order valence-electron chi connectivity index (χ4n) is 1.29. The van der Waals surface area contributed by atoms with Crippen LogP contribution in [0.3, 0.4) is 0 Å². The second kappa shape index (κ2) is 4.71. The molecule has 0 saturated carbocycles. The summed E-state index contributed by atoms with van der Waals surface area (Å²) in [5.41, 5.74) is 5.19. The number of phenols is 1. The molecule has 0 radical (unpaired) electrons. The van der Waals surface area contributed by atoms with E-state index in [1.54, 1.807) is 0 Å². The second-order valence-electron chi connectivity index (χ2n) is 3.35. The summed E-state index contributed by atoms with van der Waals surface area (Å²) in [5.74, 6) is -0.468. The van der Waals surface area contributed by atoms with E-state index in [2.05, 4.69) is 0 Å². The van der Waals surface area contributed by atoms with Crippen LogP contribution in [0.4, 0.5) is 13.2 Å². The van der Waals surface area contributed by atoms with Gasteiger partial charge in [0.05, 0.1) is 6.61 Å². The molecule has 1 atom stereocenters. The minimum atomic E-state index is -4.58. The maximum atomic E-state index is 12.4. The van der Waals surface area contributed by atoms with E-state index in [1.807, 2.05) is 0 Å². The van der Waals surface area contributed by atoms with Crippen LogP contribution in [0.25, 0.3) is 0 Å². The van der Waals surface area contributed by atoms with Crippen molar-refractivity contribution in [3.8, 4) is 5.75 Å². The molecule has 0 aliphatic carbocycles. The van der Waals surface area contributed by atoms with E-state index >= 15 is 0 Å². The van der Waals surface area contributed by atoms with Crippen molar-refractivity contribution in [2.24, 2.45) is 5.73 Å². The summed E-state index contributed by atoms with van der Waals surface area (Å²) in [6.45, 7) is 0.165. The summed E-state index contributed by atoms with van der Waals surface area (Å²) >= 11 is 0. The fraction of sp³-hybridized carbons (Fsp3) is 0.400. The predicted molar refractivity (Wildman–Crippen MR) is 51.8 cm³/mol. The maximum absolute atomic E-state index is 12.4. The monoisotopic (exact) mass is 235 g/mol. The Morgan fingerprint density at radius 2 is 2.06 bits per heavy atom. The Labute approximate surface area is 90.6 Å². The normalized spacial score (nSPS) is 13.8. The number of rotatable bonds is 3. The SMILES string of the molecule is COCc1ccc(O)c([C@H](N)C(F)(F)F)c1. The molecule has 1 rings (SSSR count). The van der Waals surface area contributed by atoms with Gasteiger partial charge >= 0.3 is 6.18 Å². The van der Waals surface area contributed by atoms with Crippen molar-refractivity contribution >= 4 is 0 Å². The van der Waals surface area contributed by atoms with Crippen molar-refractivity contribution < 1.29 is 23.0 Å². The van der Waals surface area contributed by atoms with E-state index in [4.69, 9.17) is 10.5 Å². The van der Waals surface area contributed by atoms with Gasteiger partial charge in [0, 0.05) is 12.7 Å². The number of benzene rings is 1. The Bertz CT molecular complexity index is 366. The van der Waals surface area contributed by atoms with Crippen LogP contribution in [0.1, 0.15) is 17.2 Å². The molecule has 0 saturated heterocycles. The first-order valence-corrected chi connectivity index (χ1v) is 4.49. The van der Waals surface area contributed by atoms with Gasteiger partial charge in [-0.2, -0.15) is 13.2 Å². The van der Waals surface area contributed by atoms with Gasteiger partial charge in [-0.1, -0.05) is 6.07 Å². The number of ether oxygens (including phenoxy) is 1. The van der Waals surface area contributed by atoms with Crippen LogP contribution in [-0.2, 0) is 11.3 Å². The van der Waals surface area contributed by atoms with E-state index in [-0.39, 0.29) is 12.2 Å². The van der Waals surface area contributed by atoms with Crippen molar-refractivity contribution in [2.75, 3.05) is 7.11 Å². The highest BCUT2D eigenvalue weighted by Crippen LogP contribution is 2.35. The summed E-state index contributed by atoms with van der Waals surface area (Å²) in [6, 6.07) is 1.65. The molecule has 0 amide bonds. The minimum absolute atomic E-state index is 0.165. The fourth-order valence-corrected chi connectivity index (χ4v) is 1.29. The maximum Gasteiger partial charge on any atom is 0.407 e. The topological polar surface area (TPSA) is 55.5 Å². The first kappa shape index (κ1) is 12.8. The van der Waals surface area contributed by atoms with Gasteiger partial charge in [-0.15, -0.1) is 0 Å². The summed E-state index contributed by atoms with van der Waals surface area (Å²) in [7, 11) is 1.43. The molecule has 90 valence electrons. The zero-order chi connectivity index (χ0) is 12.3. The molecule has 0 aliphatic heterocycles. The van der Waals surface area contributed by atoms with E-state index in [0.29, 0.717) is 5.56 Å². The number of hydrogen-bond donors (Lipinski definition) is 2. The third-order valence-electron chi connectivity index (χ3n) is 2.09. The van der Waals surface area contributed by atoms with Crippen LogP contribution >= 0.6 is 0 Å². The molecule has 0 spiro atoms. The lowest BCUT2D eigenvalue weighted by Crippen LogP contribution is -2.28. The van der Waals surface area contributed by atoms with Crippen LogP contribution in [-0.4, -0.2) is 18.4 Å². The predicted octanol–water partition coefficient (Wildman–Crippen LogP) is 2.10. The Kier molecular flexibility index (Phi) is 3.77. The molecular weight excluding hydrogens is 223 g/mol. The summed E-state index contributed by atoms with van der Waals surface area (Å²) in [4.78, 5) is 0. The van der Waals surface area contributed by atoms with Crippen molar-refractivity contribution in [1.82, 2.24) is 0 Å². The van der Waals surface area contributed by atoms with Gasteiger partial charge in [-0.05, 0) is 17.7 Å². The molecule has 16 heavy (non-hydrogen) atoms. The molecule has 0 bridgehead atoms. The zero-order valence-corrected chi connectivity index (χ0v) is 8.58. The standard InChI is InChI=1S/C10H12F3NO2/c1-16-5-6-2-3-8(15)7(4-6)9(14)10(11,12)13/h2-4,9,15H,5,14H2,1H3/t9-/m0/s1. The number of hydrogen-bond acceptors (Lipinski definition) is 3. The number of aromatic hydroxyl groups is 1. The molecule has 0 heterocycles. The Hall–Kier alpha value is -1.27. The molecule has 1 aromatic carbocycles. The van der Waals surface area contributed by atoms with Gasteiger partial charge in [0.2, 0.25) is 0 Å². The van der Waals surface area contributed by atoms with Gasteiger partial charge in [0.1, 0.15) is 11.8 Å². The van der Waals surface area contributed by atoms with E-state index in [9.17, 15) is 18.3 Å². The quantitative estimate of drug-likeness (QED) is 0.843. The molecule has 6 heteroatoms. The second-order valence-corrected chi connectivity index (χ2v) is 3.35. The van der Waals surface area contributed by atoms with Crippen LogP contribution < -0.4 is 5.73 Å². The minimum Gasteiger partial charge on any atom is -0.508 e. The third kappa shape index (κ3) is 2.86. The smallest absolute Gasteiger partial charge is 0.407 e. The highest BCUT2D eigenvalue weighted by molar-refractivity contribution is 5.38. The number of phenolic OH excluding ortho intramolecular Hbond substituents is 1. The van der Waals surface area contributed by atoms with Gasteiger partial charge in [0.15, 0.2) is 0 Å². The lowest BCUT2D eigenvalue weighted by Gasteiger charge is -2.17. The van der Waals surface area contributed by atoms with Crippen LogP contribution in [0.5, 0.6) is 5.75 Å². The molecular formula is C10H12F3NO2. The van der Waals surface area contributed by atoms with Gasteiger partial charge in [-0.3, -0.25) is 0 Å². The number of nitrogens with two attached hydrogens (primary N) is 1. The van der Waals surface area contributed by atoms with Gasteiger partial charge < -0.3 is 15.6 Å². The third-order valence-corrected chi connectivity index (χ3v) is 2.09. The van der Waals surface area contributed by atoms with Crippen molar-refractivity contribution in [2.45, 2.75) is 18.8 Å². The highest BCUT2D eigenvalue weighted by Gasteiger charge is 2.39. The summed E-state index contributed by atoms with van der Waals surface area (Å²) in [5, 5.41) is 9.32. The van der Waals surface area contributed by atoms with E-state index in [1.165, 1.54) is 25.3 Å². The highest BCUT2D eigenvalue weighted by atomic mass is 19.4. The first-order chi connectivity index (χ1) is 7.36.